The molecule has 1 atom stereocenters. The normalized spacial score (nSPS) is 28.1. The summed E-state index contributed by atoms with van der Waals surface area (Å²) < 4.78 is 5.60. The summed E-state index contributed by atoms with van der Waals surface area (Å²) in [6.07, 6.45) is 9.33. The highest BCUT2D eigenvalue weighted by atomic mass is 16.5. The SMILES string of the molecule is CCN1CCCC(CNC(=NC)NCC2(N3CCOCC3)CCCCC2)C1. The topological polar surface area (TPSA) is 52.1 Å². The first-order valence-corrected chi connectivity index (χ1v) is 11.3. The van der Waals surface area contributed by atoms with Crippen LogP contribution < -0.4 is 10.6 Å². The van der Waals surface area contributed by atoms with Crippen LogP contribution in [0.15, 0.2) is 4.99 Å². The first-order chi connectivity index (χ1) is 13.3. The van der Waals surface area contributed by atoms with Crippen LogP contribution >= 0.6 is 0 Å². The van der Waals surface area contributed by atoms with E-state index in [9.17, 15) is 0 Å². The second-order valence-electron chi connectivity index (χ2n) is 8.59. The summed E-state index contributed by atoms with van der Waals surface area (Å²) in [5.41, 5.74) is 0.281. The van der Waals surface area contributed by atoms with E-state index in [0.717, 1.165) is 51.3 Å². The molecule has 0 aromatic rings. The smallest absolute Gasteiger partial charge is 0.191 e. The predicted octanol–water partition coefficient (Wildman–Crippen LogP) is 1.92. The van der Waals surface area contributed by atoms with Crippen molar-refractivity contribution < 1.29 is 4.74 Å². The second-order valence-corrected chi connectivity index (χ2v) is 8.59. The van der Waals surface area contributed by atoms with Gasteiger partial charge in [0.25, 0.3) is 0 Å². The number of nitrogens with zero attached hydrogens (tertiary/aromatic N) is 3. The van der Waals surface area contributed by atoms with Crippen molar-refractivity contribution in [1.29, 1.82) is 0 Å². The molecule has 0 amide bonds. The Labute approximate surface area is 166 Å². The van der Waals surface area contributed by atoms with Crippen LogP contribution in [-0.4, -0.2) is 87.4 Å². The molecule has 2 aliphatic heterocycles. The Morgan fingerprint density at radius 2 is 1.85 bits per heavy atom. The molecule has 27 heavy (non-hydrogen) atoms. The lowest BCUT2D eigenvalue weighted by Gasteiger charge is -2.48. The summed E-state index contributed by atoms with van der Waals surface area (Å²) in [5.74, 6) is 1.71. The molecule has 0 aromatic carbocycles. The van der Waals surface area contributed by atoms with Crippen molar-refractivity contribution in [1.82, 2.24) is 20.4 Å². The molecule has 0 bridgehead atoms. The molecule has 156 valence electrons. The van der Waals surface area contributed by atoms with E-state index in [1.54, 1.807) is 0 Å². The van der Waals surface area contributed by atoms with Gasteiger partial charge < -0.3 is 20.3 Å². The van der Waals surface area contributed by atoms with E-state index in [4.69, 9.17) is 4.74 Å². The van der Waals surface area contributed by atoms with Gasteiger partial charge in [-0.2, -0.15) is 0 Å². The number of hydrogen-bond acceptors (Lipinski definition) is 4. The van der Waals surface area contributed by atoms with Crippen molar-refractivity contribution in [3.05, 3.63) is 0 Å². The van der Waals surface area contributed by atoms with Gasteiger partial charge in [-0.1, -0.05) is 26.2 Å². The number of rotatable bonds is 6. The van der Waals surface area contributed by atoms with Crippen LogP contribution in [-0.2, 0) is 4.74 Å². The predicted molar refractivity (Wildman–Crippen MR) is 112 cm³/mol. The van der Waals surface area contributed by atoms with Gasteiger partial charge in [0.1, 0.15) is 0 Å². The zero-order valence-electron chi connectivity index (χ0n) is 17.6. The minimum absolute atomic E-state index is 0.281. The van der Waals surface area contributed by atoms with Crippen molar-refractivity contribution in [2.24, 2.45) is 10.9 Å². The Kier molecular flexibility index (Phi) is 8.22. The minimum atomic E-state index is 0.281. The molecular formula is C21H41N5O. The Morgan fingerprint density at radius 3 is 2.56 bits per heavy atom. The third-order valence-electron chi connectivity index (χ3n) is 6.88. The lowest BCUT2D eigenvalue weighted by molar-refractivity contribution is -0.0352. The van der Waals surface area contributed by atoms with Gasteiger partial charge in [0.15, 0.2) is 5.96 Å². The molecule has 6 nitrogen and oxygen atoms in total. The number of guanidine groups is 1. The van der Waals surface area contributed by atoms with E-state index < -0.39 is 0 Å². The molecular weight excluding hydrogens is 338 g/mol. The lowest BCUT2D eigenvalue weighted by Crippen LogP contribution is -2.60. The van der Waals surface area contributed by atoms with Crippen molar-refractivity contribution in [3.8, 4) is 0 Å². The fourth-order valence-corrected chi connectivity index (χ4v) is 5.17. The van der Waals surface area contributed by atoms with E-state index in [2.05, 4.69) is 32.3 Å². The van der Waals surface area contributed by atoms with Gasteiger partial charge in [0, 0.05) is 45.3 Å². The number of nitrogens with one attached hydrogen (secondary N) is 2. The number of aliphatic imine (C=N–C) groups is 1. The molecule has 1 aliphatic carbocycles. The van der Waals surface area contributed by atoms with Crippen LogP contribution in [0.25, 0.3) is 0 Å². The van der Waals surface area contributed by atoms with Crippen LogP contribution in [0.4, 0.5) is 0 Å². The van der Waals surface area contributed by atoms with Crippen LogP contribution in [0.2, 0.25) is 0 Å². The van der Waals surface area contributed by atoms with Gasteiger partial charge in [-0.05, 0) is 44.7 Å². The maximum Gasteiger partial charge on any atom is 0.191 e. The third kappa shape index (κ3) is 5.81. The zero-order valence-corrected chi connectivity index (χ0v) is 17.6. The largest absolute Gasteiger partial charge is 0.379 e. The van der Waals surface area contributed by atoms with E-state index >= 15 is 0 Å². The summed E-state index contributed by atoms with van der Waals surface area (Å²) in [6.45, 7) is 11.9. The van der Waals surface area contributed by atoms with E-state index in [1.807, 2.05) is 7.05 Å². The highest BCUT2D eigenvalue weighted by molar-refractivity contribution is 5.79. The molecule has 2 heterocycles. The van der Waals surface area contributed by atoms with Gasteiger partial charge in [-0.15, -0.1) is 0 Å². The van der Waals surface area contributed by atoms with Gasteiger partial charge in [0.2, 0.25) is 0 Å². The molecule has 0 spiro atoms. The summed E-state index contributed by atoms with van der Waals surface area (Å²) in [6, 6.07) is 0. The number of likely N-dealkylation sites (tertiary alicyclic amines) is 1. The summed E-state index contributed by atoms with van der Waals surface area (Å²) >= 11 is 0. The molecule has 2 saturated heterocycles. The number of piperidine rings is 1. The maximum atomic E-state index is 5.60. The lowest BCUT2D eigenvalue weighted by atomic mass is 9.80. The molecule has 0 aromatic heterocycles. The molecule has 3 fully saturated rings. The Bertz CT molecular complexity index is 457. The van der Waals surface area contributed by atoms with Gasteiger partial charge >= 0.3 is 0 Å². The average molecular weight is 380 g/mol. The monoisotopic (exact) mass is 379 g/mol. The third-order valence-corrected chi connectivity index (χ3v) is 6.88. The first-order valence-electron chi connectivity index (χ1n) is 11.3. The Morgan fingerprint density at radius 1 is 1.07 bits per heavy atom. The highest BCUT2D eigenvalue weighted by Gasteiger charge is 2.38. The van der Waals surface area contributed by atoms with Crippen molar-refractivity contribution >= 4 is 5.96 Å². The maximum absolute atomic E-state index is 5.60. The standard InChI is InChI=1S/C21H41N5O/c1-3-25-11-7-8-19(17-25)16-23-20(22-2)24-18-21(9-5-4-6-10-21)26-12-14-27-15-13-26/h19H,3-18H2,1-2H3,(H2,22,23,24). The van der Waals surface area contributed by atoms with Crippen molar-refractivity contribution in [3.63, 3.8) is 0 Å². The summed E-state index contributed by atoms with van der Waals surface area (Å²) in [5, 5.41) is 7.30. The molecule has 2 N–H and O–H groups in total. The second kappa shape index (κ2) is 10.6. The van der Waals surface area contributed by atoms with Crippen molar-refractivity contribution in [2.75, 3.05) is 66.1 Å². The molecule has 6 heteroatoms. The highest BCUT2D eigenvalue weighted by Crippen LogP contribution is 2.33. The van der Waals surface area contributed by atoms with Crippen LogP contribution in [0.3, 0.4) is 0 Å². The Balaban J connectivity index is 1.50. The van der Waals surface area contributed by atoms with E-state index in [0.29, 0.717) is 0 Å². The van der Waals surface area contributed by atoms with Crippen molar-refractivity contribution in [2.45, 2.75) is 57.4 Å². The van der Waals surface area contributed by atoms with Gasteiger partial charge in [-0.3, -0.25) is 9.89 Å². The van der Waals surface area contributed by atoms with Crippen LogP contribution in [0.5, 0.6) is 0 Å². The summed E-state index contributed by atoms with van der Waals surface area (Å²) in [7, 11) is 1.90. The minimum Gasteiger partial charge on any atom is -0.379 e. The van der Waals surface area contributed by atoms with E-state index in [-0.39, 0.29) is 5.54 Å². The molecule has 3 rings (SSSR count). The first kappa shape index (κ1) is 20.9. The average Bonchev–Trinajstić information content (AvgIpc) is 2.75. The number of hydrogen-bond donors (Lipinski definition) is 2. The van der Waals surface area contributed by atoms with E-state index in [1.165, 1.54) is 64.6 Å². The zero-order chi connectivity index (χ0) is 19.0. The van der Waals surface area contributed by atoms with Crippen LogP contribution in [0.1, 0.15) is 51.9 Å². The fraction of sp³-hybridized carbons (Fsp3) is 0.952. The molecule has 3 aliphatic rings. The quantitative estimate of drug-likeness (QED) is 0.545. The summed E-state index contributed by atoms with van der Waals surface area (Å²) in [4.78, 5) is 9.77. The number of ether oxygens (including phenoxy) is 1. The van der Waals surface area contributed by atoms with Crippen LogP contribution in [0, 0.1) is 5.92 Å². The van der Waals surface area contributed by atoms with Gasteiger partial charge in [0.05, 0.1) is 13.2 Å². The molecule has 1 unspecified atom stereocenters. The Hall–Kier alpha value is -0.850. The molecule has 0 radical (unpaired) electrons. The van der Waals surface area contributed by atoms with Gasteiger partial charge in [-0.25, -0.2) is 0 Å². The number of morpholine rings is 1. The fourth-order valence-electron chi connectivity index (χ4n) is 5.17. The molecule has 1 saturated carbocycles.